The summed E-state index contributed by atoms with van der Waals surface area (Å²) in [6.07, 6.45) is 2.70. The van der Waals surface area contributed by atoms with Gasteiger partial charge in [-0.1, -0.05) is 25.1 Å². The van der Waals surface area contributed by atoms with Crippen molar-refractivity contribution in [3.63, 3.8) is 0 Å². The van der Waals surface area contributed by atoms with Gasteiger partial charge >= 0.3 is 0 Å². The average molecular weight is 474 g/mol. The first kappa shape index (κ1) is 23.0. The van der Waals surface area contributed by atoms with Crippen LogP contribution in [-0.2, 0) is 6.54 Å². The fourth-order valence-corrected chi connectivity index (χ4v) is 3.18. The quantitative estimate of drug-likeness (QED) is 0.327. The molecule has 1 aromatic rings. The summed E-state index contributed by atoms with van der Waals surface area (Å²) in [5.41, 5.74) is 1.12. The van der Waals surface area contributed by atoms with Crippen LogP contribution >= 0.6 is 24.0 Å². The number of hydrogen-bond acceptors (Lipinski definition) is 3. The number of para-hydroxylation sites is 1. The highest BCUT2D eigenvalue weighted by molar-refractivity contribution is 14.0. The summed E-state index contributed by atoms with van der Waals surface area (Å²) in [7, 11) is 0. The standard InChI is InChI=1S/C20H34N4O.HI/c1-4-21-20(22-14-17(3)16-24-12-8-9-13-24)23-15-18-10-6-7-11-19(18)25-5-2;/h6-7,10-11,17H,4-5,8-9,12-16H2,1-3H3,(H2,21,22,23);1H. The second-order valence-electron chi connectivity index (χ2n) is 6.73. The van der Waals surface area contributed by atoms with Crippen LogP contribution in [0.25, 0.3) is 0 Å². The minimum Gasteiger partial charge on any atom is -0.494 e. The highest BCUT2D eigenvalue weighted by atomic mass is 127. The van der Waals surface area contributed by atoms with E-state index in [9.17, 15) is 0 Å². The predicted molar refractivity (Wildman–Crippen MR) is 121 cm³/mol. The zero-order valence-corrected chi connectivity index (χ0v) is 18.8. The third kappa shape index (κ3) is 8.12. The van der Waals surface area contributed by atoms with Gasteiger partial charge in [-0.3, -0.25) is 0 Å². The van der Waals surface area contributed by atoms with Crippen molar-refractivity contribution in [2.24, 2.45) is 10.9 Å². The maximum atomic E-state index is 5.69. The van der Waals surface area contributed by atoms with E-state index in [1.807, 2.05) is 25.1 Å². The van der Waals surface area contributed by atoms with E-state index in [0.717, 1.165) is 30.4 Å². The maximum absolute atomic E-state index is 5.69. The normalized spacial score (nSPS) is 16.0. The summed E-state index contributed by atoms with van der Waals surface area (Å²) in [5.74, 6) is 2.41. The molecule has 1 unspecified atom stereocenters. The Balaban J connectivity index is 0.00000338. The van der Waals surface area contributed by atoms with Crippen LogP contribution in [0.1, 0.15) is 39.2 Å². The molecule has 148 valence electrons. The van der Waals surface area contributed by atoms with Gasteiger partial charge in [0.05, 0.1) is 13.2 Å². The second kappa shape index (κ2) is 13.2. The Bertz CT molecular complexity index is 532. The number of nitrogens with one attached hydrogen (secondary N) is 2. The van der Waals surface area contributed by atoms with E-state index in [0.29, 0.717) is 19.1 Å². The van der Waals surface area contributed by atoms with E-state index in [1.54, 1.807) is 0 Å². The van der Waals surface area contributed by atoms with Gasteiger partial charge < -0.3 is 20.3 Å². The molecular weight excluding hydrogens is 439 g/mol. The molecule has 6 heteroatoms. The summed E-state index contributed by atoms with van der Waals surface area (Å²) in [6.45, 7) is 13.2. The van der Waals surface area contributed by atoms with E-state index >= 15 is 0 Å². The molecule has 2 rings (SSSR count). The summed E-state index contributed by atoms with van der Waals surface area (Å²) in [5, 5.41) is 6.83. The van der Waals surface area contributed by atoms with Crippen LogP contribution in [0.4, 0.5) is 0 Å². The molecule has 1 aliphatic rings. The van der Waals surface area contributed by atoms with E-state index < -0.39 is 0 Å². The topological polar surface area (TPSA) is 48.9 Å². The molecule has 1 fully saturated rings. The highest BCUT2D eigenvalue weighted by Crippen LogP contribution is 2.18. The Kier molecular flexibility index (Phi) is 11.7. The molecule has 26 heavy (non-hydrogen) atoms. The Labute approximate surface area is 176 Å². The van der Waals surface area contributed by atoms with Crippen molar-refractivity contribution in [2.75, 3.05) is 39.3 Å². The van der Waals surface area contributed by atoms with Crippen molar-refractivity contribution in [3.8, 4) is 5.75 Å². The van der Waals surface area contributed by atoms with Crippen molar-refractivity contribution >= 4 is 29.9 Å². The predicted octanol–water partition coefficient (Wildman–Crippen LogP) is 3.49. The van der Waals surface area contributed by atoms with Crippen LogP contribution in [0.3, 0.4) is 0 Å². The number of guanidine groups is 1. The van der Waals surface area contributed by atoms with E-state index in [4.69, 9.17) is 9.73 Å². The number of benzene rings is 1. The van der Waals surface area contributed by atoms with Crippen molar-refractivity contribution < 1.29 is 4.74 Å². The molecule has 0 aliphatic carbocycles. The number of rotatable bonds is 9. The molecule has 0 spiro atoms. The van der Waals surface area contributed by atoms with Gasteiger partial charge in [0, 0.05) is 25.2 Å². The van der Waals surface area contributed by atoms with Gasteiger partial charge in [-0.2, -0.15) is 0 Å². The lowest BCUT2D eigenvalue weighted by molar-refractivity contribution is 0.287. The van der Waals surface area contributed by atoms with Crippen LogP contribution < -0.4 is 15.4 Å². The first-order valence-corrected chi connectivity index (χ1v) is 9.68. The Morgan fingerprint density at radius 2 is 1.92 bits per heavy atom. The largest absolute Gasteiger partial charge is 0.494 e. The molecule has 0 radical (unpaired) electrons. The third-order valence-corrected chi connectivity index (χ3v) is 4.41. The second-order valence-corrected chi connectivity index (χ2v) is 6.73. The lowest BCUT2D eigenvalue weighted by Crippen LogP contribution is -2.41. The number of nitrogens with zero attached hydrogens (tertiary/aromatic N) is 2. The first-order chi connectivity index (χ1) is 12.2. The molecule has 0 amide bonds. The van der Waals surface area contributed by atoms with Gasteiger partial charge in [-0.25, -0.2) is 4.99 Å². The molecule has 1 atom stereocenters. The molecule has 1 aromatic carbocycles. The average Bonchev–Trinajstić information content (AvgIpc) is 3.11. The summed E-state index contributed by atoms with van der Waals surface area (Å²) < 4.78 is 5.69. The van der Waals surface area contributed by atoms with Gasteiger partial charge in [0.15, 0.2) is 5.96 Å². The van der Waals surface area contributed by atoms with Crippen LogP contribution in [-0.4, -0.2) is 50.2 Å². The number of ether oxygens (including phenoxy) is 1. The van der Waals surface area contributed by atoms with Gasteiger partial charge in [0.25, 0.3) is 0 Å². The van der Waals surface area contributed by atoms with Crippen molar-refractivity contribution in [1.82, 2.24) is 15.5 Å². The molecular formula is C20H35IN4O. The van der Waals surface area contributed by atoms with Gasteiger partial charge in [0.1, 0.15) is 5.75 Å². The molecule has 1 heterocycles. The van der Waals surface area contributed by atoms with Crippen LogP contribution in [0.5, 0.6) is 5.75 Å². The lowest BCUT2D eigenvalue weighted by Gasteiger charge is -2.21. The van der Waals surface area contributed by atoms with E-state index in [2.05, 4.69) is 35.4 Å². The zero-order chi connectivity index (χ0) is 17.9. The minimum absolute atomic E-state index is 0. The fraction of sp³-hybridized carbons (Fsp3) is 0.650. The summed E-state index contributed by atoms with van der Waals surface area (Å²) >= 11 is 0. The fourth-order valence-electron chi connectivity index (χ4n) is 3.18. The number of hydrogen-bond donors (Lipinski definition) is 2. The van der Waals surface area contributed by atoms with Gasteiger partial charge in [-0.05, 0) is 51.8 Å². The lowest BCUT2D eigenvalue weighted by atomic mass is 10.1. The SMILES string of the molecule is CCNC(=NCc1ccccc1OCC)NCC(C)CN1CCCC1.I. The molecule has 1 saturated heterocycles. The van der Waals surface area contributed by atoms with Gasteiger partial charge in [0.2, 0.25) is 0 Å². The first-order valence-electron chi connectivity index (χ1n) is 9.68. The van der Waals surface area contributed by atoms with Crippen LogP contribution in [0.15, 0.2) is 29.3 Å². The minimum atomic E-state index is 0. The van der Waals surface area contributed by atoms with E-state index in [1.165, 1.54) is 32.5 Å². The highest BCUT2D eigenvalue weighted by Gasteiger charge is 2.14. The molecule has 0 bridgehead atoms. The van der Waals surface area contributed by atoms with Crippen molar-refractivity contribution in [1.29, 1.82) is 0 Å². The summed E-state index contributed by atoms with van der Waals surface area (Å²) in [4.78, 5) is 7.30. The van der Waals surface area contributed by atoms with Gasteiger partial charge in [-0.15, -0.1) is 24.0 Å². The summed E-state index contributed by atoms with van der Waals surface area (Å²) in [6, 6.07) is 8.12. The van der Waals surface area contributed by atoms with E-state index in [-0.39, 0.29) is 24.0 Å². The molecule has 2 N–H and O–H groups in total. The third-order valence-electron chi connectivity index (χ3n) is 4.41. The van der Waals surface area contributed by atoms with Crippen LogP contribution in [0.2, 0.25) is 0 Å². The smallest absolute Gasteiger partial charge is 0.191 e. The zero-order valence-electron chi connectivity index (χ0n) is 16.5. The Hall–Kier alpha value is -1.02. The number of aliphatic imine (C=N–C) groups is 1. The van der Waals surface area contributed by atoms with Crippen molar-refractivity contribution in [3.05, 3.63) is 29.8 Å². The monoisotopic (exact) mass is 474 g/mol. The van der Waals surface area contributed by atoms with Crippen LogP contribution in [0, 0.1) is 5.92 Å². The number of halogens is 1. The molecule has 0 saturated carbocycles. The molecule has 0 aromatic heterocycles. The Morgan fingerprint density at radius 1 is 1.19 bits per heavy atom. The molecule has 1 aliphatic heterocycles. The molecule has 5 nitrogen and oxygen atoms in total. The number of likely N-dealkylation sites (tertiary alicyclic amines) is 1. The van der Waals surface area contributed by atoms with Crippen molar-refractivity contribution in [2.45, 2.75) is 40.2 Å². The Morgan fingerprint density at radius 3 is 2.62 bits per heavy atom. The maximum Gasteiger partial charge on any atom is 0.191 e.